The molecule has 4 heteroatoms. The predicted octanol–water partition coefficient (Wildman–Crippen LogP) is 3.28. The lowest BCUT2D eigenvalue weighted by molar-refractivity contribution is 0.685. The van der Waals surface area contributed by atoms with Crippen LogP contribution >= 0.6 is 22.7 Å². The molecule has 1 aliphatic heterocycles. The maximum atomic E-state index is 3.62. The van der Waals surface area contributed by atoms with Crippen LogP contribution in [0, 0.1) is 0 Å². The fourth-order valence-corrected chi connectivity index (χ4v) is 3.79. The molecule has 16 heavy (non-hydrogen) atoms. The number of nitrogens with zero attached hydrogens (tertiary/aromatic N) is 1. The highest BCUT2D eigenvalue weighted by atomic mass is 32.1. The molecule has 2 aromatic rings. The fraction of sp³-hybridized carbons (Fsp3) is 0.333. The molecule has 0 saturated carbocycles. The molecule has 1 atom stereocenters. The van der Waals surface area contributed by atoms with Crippen LogP contribution in [0.1, 0.15) is 4.88 Å². The summed E-state index contributed by atoms with van der Waals surface area (Å²) in [5.74, 6) is 0. The van der Waals surface area contributed by atoms with E-state index >= 15 is 0 Å². The van der Waals surface area contributed by atoms with Crippen molar-refractivity contribution in [3.8, 4) is 0 Å². The van der Waals surface area contributed by atoms with E-state index in [1.165, 1.54) is 16.3 Å². The molecule has 0 aliphatic carbocycles. The Labute approximate surface area is 104 Å². The molecular weight excluding hydrogens is 236 g/mol. The third kappa shape index (κ3) is 1.83. The van der Waals surface area contributed by atoms with Crippen LogP contribution in [0.2, 0.25) is 0 Å². The third-order valence-electron chi connectivity index (χ3n) is 2.93. The molecule has 0 amide bonds. The minimum absolute atomic E-state index is 0.533. The summed E-state index contributed by atoms with van der Waals surface area (Å²) in [7, 11) is 2.17. The van der Waals surface area contributed by atoms with E-state index < -0.39 is 0 Å². The number of likely N-dealkylation sites (N-methyl/N-ethyl adjacent to an activating group) is 1. The number of anilines is 2. The van der Waals surface area contributed by atoms with Gasteiger partial charge in [0.15, 0.2) is 0 Å². The summed E-state index contributed by atoms with van der Waals surface area (Å²) in [6.45, 7) is 1.08. The molecule has 1 aliphatic rings. The van der Waals surface area contributed by atoms with Crippen molar-refractivity contribution >= 4 is 34.0 Å². The Balaban J connectivity index is 1.76. The van der Waals surface area contributed by atoms with Gasteiger partial charge in [0.25, 0.3) is 0 Å². The zero-order valence-corrected chi connectivity index (χ0v) is 10.8. The zero-order valence-electron chi connectivity index (χ0n) is 9.14. The zero-order chi connectivity index (χ0) is 11.0. The van der Waals surface area contributed by atoms with Crippen LogP contribution in [0.3, 0.4) is 0 Å². The number of thiophene rings is 2. The van der Waals surface area contributed by atoms with Crippen LogP contribution in [-0.2, 0) is 6.42 Å². The first-order valence-corrected chi connectivity index (χ1v) is 7.21. The second-order valence-electron chi connectivity index (χ2n) is 4.18. The van der Waals surface area contributed by atoms with Gasteiger partial charge < -0.3 is 10.2 Å². The summed E-state index contributed by atoms with van der Waals surface area (Å²) in [5, 5.41) is 10.2. The predicted molar refractivity (Wildman–Crippen MR) is 73.0 cm³/mol. The van der Waals surface area contributed by atoms with Crippen LogP contribution < -0.4 is 10.2 Å². The Morgan fingerprint density at radius 2 is 2.44 bits per heavy atom. The molecule has 2 aromatic heterocycles. The van der Waals surface area contributed by atoms with E-state index in [2.05, 4.69) is 45.5 Å². The second kappa shape index (κ2) is 4.11. The van der Waals surface area contributed by atoms with Gasteiger partial charge in [0.05, 0.1) is 11.4 Å². The molecular formula is C12H14N2S2. The first kappa shape index (κ1) is 10.2. The normalized spacial score (nSPS) is 19.3. The smallest absolute Gasteiger partial charge is 0.0709 e. The fourth-order valence-electron chi connectivity index (χ4n) is 2.18. The van der Waals surface area contributed by atoms with E-state index in [0.29, 0.717) is 6.04 Å². The molecule has 1 N–H and O–H groups in total. The Hall–Kier alpha value is -1.00. The van der Waals surface area contributed by atoms with Gasteiger partial charge in [-0.15, -0.1) is 22.7 Å². The van der Waals surface area contributed by atoms with E-state index in [4.69, 9.17) is 0 Å². The summed E-state index contributed by atoms with van der Waals surface area (Å²) >= 11 is 3.61. The Bertz CT molecular complexity index is 461. The summed E-state index contributed by atoms with van der Waals surface area (Å²) in [4.78, 5) is 3.81. The Kier molecular flexibility index (Phi) is 2.61. The van der Waals surface area contributed by atoms with Crippen molar-refractivity contribution < 1.29 is 0 Å². The maximum Gasteiger partial charge on any atom is 0.0709 e. The summed E-state index contributed by atoms with van der Waals surface area (Å²) in [6, 6.07) is 4.88. The van der Waals surface area contributed by atoms with E-state index in [1.807, 2.05) is 11.3 Å². The summed E-state index contributed by atoms with van der Waals surface area (Å²) < 4.78 is 0. The molecule has 0 bridgehead atoms. The monoisotopic (exact) mass is 250 g/mol. The lowest BCUT2D eigenvalue weighted by Gasteiger charge is -2.32. The number of hydrogen-bond acceptors (Lipinski definition) is 4. The maximum absolute atomic E-state index is 3.62. The lowest BCUT2D eigenvalue weighted by Crippen LogP contribution is -2.39. The average Bonchev–Trinajstić information content (AvgIpc) is 2.87. The van der Waals surface area contributed by atoms with Gasteiger partial charge >= 0.3 is 0 Å². The molecule has 0 fully saturated rings. The largest absolute Gasteiger partial charge is 0.378 e. The summed E-state index contributed by atoms with van der Waals surface area (Å²) in [6.07, 6.45) is 1.12. The Morgan fingerprint density at radius 3 is 3.25 bits per heavy atom. The van der Waals surface area contributed by atoms with Crippen molar-refractivity contribution in [1.82, 2.24) is 0 Å². The van der Waals surface area contributed by atoms with Crippen LogP contribution in [-0.4, -0.2) is 19.6 Å². The lowest BCUT2D eigenvalue weighted by atomic mass is 10.1. The van der Waals surface area contributed by atoms with Gasteiger partial charge in [-0.1, -0.05) is 6.07 Å². The van der Waals surface area contributed by atoms with Crippen molar-refractivity contribution in [2.24, 2.45) is 0 Å². The van der Waals surface area contributed by atoms with E-state index in [9.17, 15) is 0 Å². The molecule has 0 spiro atoms. The molecule has 2 nitrogen and oxygen atoms in total. The van der Waals surface area contributed by atoms with E-state index in [-0.39, 0.29) is 0 Å². The quantitative estimate of drug-likeness (QED) is 0.880. The highest BCUT2D eigenvalue weighted by Crippen LogP contribution is 2.34. The van der Waals surface area contributed by atoms with Gasteiger partial charge in [0.1, 0.15) is 0 Å². The molecule has 0 saturated heterocycles. The van der Waals surface area contributed by atoms with Gasteiger partial charge in [-0.3, -0.25) is 0 Å². The topological polar surface area (TPSA) is 15.3 Å². The van der Waals surface area contributed by atoms with Crippen LogP contribution in [0.4, 0.5) is 11.4 Å². The van der Waals surface area contributed by atoms with Gasteiger partial charge in [-0.2, -0.15) is 0 Å². The third-order valence-corrected chi connectivity index (χ3v) is 4.56. The Morgan fingerprint density at radius 1 is 1.50 bits per heavy atom. The van der Waals surface area contributed by atoms with Crippen LogP contribution in [0.5, 0.6) is 0 Å². The minimum Gasteiger partial charge on any atom is -0.378 e. The van der Waals surface area contributed by atoms with Crippen LogP contribution in [0.25, 0.3) is 0 Å². The highest BCUT2D eigenvalue weighted by Gasteiger charge is 2.22. The molecule has 1 unspecified atom stereocenters. The van der Waals surface area contributed by atoms with Gasteiger partial charge in [0.2, 0.25) is 0 Å². The van der Waals surface area contributed by atoms with Gasteiger partial charge in [-0.05, 0) is 11.4 Å². The first-order chi connectivity index (χ1) is 7.83. The van der Waals surface area contributed by atoms with E-state index in [1.54, 1.807) is 11.3 Å². The summed E-state index contributed by atoms with van der Waals surface area (Å²) in [5.41, 5.74) is 2.63. The highest BCUT2D eigenvalue weighted by molar-refractivity contribution is 7.10. The SMILES string of the molecule is CN1CC(Cc2cccs2)Nc2cscc21. The average molecular weight is 250 g/mol. The minimum atomic E-state index is 0.533. The molecule has 84 valence electrons. The number of nitrogens with one attached hydrogen (secondary N) is 1. The first-order valence-electron chi connectivity index (χ1n) is 5.39. The van der Waals surface area contributed by atoms with Crippen molar-refractivity contribution in [3.63, 3.8) is 0 Å². The van der Waals surface area contributed by atoms with Crippen LogP contribution in [0.15, 0.2) is 28.3 Å². The van der Waals surface area contributed by atoms with Gasteiger partial charge in [-0.25, -0.2) is 0 Å². The van der Waals surface area contributed by atoms with Crippen molar-refractivity contribution in [1.29, 1.82) is 0 Å². The number of fused-ring (bicyclic) bond motifs is 1. The molecule has 0 radical (unpaired) electrons. The number of hydrogen-bond donors (Lipinski definition) is 1. The molecule has 3 rings (SSSR count). The number of rotatable bonds is 2. The van der Waals surface area contributed by atoms with E-state index in [0.717, 1.165) is 13.0 Å². The van der Waals surface area contributed by atoms with Crippen molar-refractivity contribution in [2.75, 3.05) is 23.8 Å². The standard InChI is InChI=1S/C12H14N2S2/c1-14-6-9(5-10-3-2-4-16-10)13-11-7-15-8-12(11)14/h2-4,7-9,13H,5-6H2,1H3. The second-order valence-corrected chi connectivity index (χ2v) is 5.95. The van der Waals surface area contributed by atoms with Crippen molar-refractivity contribution in [3.05, 3.63) is 33.2 Å². The van der Waals surface area contributed by atoms with Crippen molar-refractivity contribution in [2.45, 2.75) is 12.5 Å². The molecule has 3 heterocycles. The molecule has 0 aromatic carbocycles. The van der Waals surface area contributed by atoms with Gasteiger partial charge in [0, 0.05) is 41.7 Å².